The minimum absolute atomic E-state index is 0.0219. The molecule has 0 saturated carbocycles. The van der Waals surface area contributed by atoms with Gasteiger partial charge in [0.15, 0.2) is 0 Å². The summed E-state index contributed by atoms with van der Waals surface area (Å²) in [5, 5.41) is 12.4. The van der Waals surface area contributed by atoms with Gasteiger partial charge in [0.25, 0.3) is 0 Å². The van der Waals surface area contributed by atoms with Crippen molar-refractivity contribution in [2.75, 3.05) is 20.2 Å². The molecule has 1 fully saturated rings. The number of benzene rings is 1. The lowest BCUT2D eigenvalue weighted by Gasteiger charge is -2.23. The molecule has 3 rings (SSSR count). The number of phenols is 1. The van der Waals surface area contributed by atoms with Crippen LogP contribution in [0.1, 0.15) is 36.0 Å². The van der Waals surface area contributed by atoms with Crippen molar-refractivity contribution in [2.24, 2.45) is 0 Å². The number of ether oxygens (including phenoxy) is 1. The molecule has 0 unspecified atom stereocenters. The van der Waals surface area contributed by atoms with Crippen molar-refractivity contribution in [2.45, 2.75) is 31.9 Å². The van der Waals surface area contributed by atoms with Gasteiger partial charge in [-0.15, -0.1) is 0 Å². The molecule has 1 aromatic carbocycles. The lowest BCUT2D eigenvalue weighted by Crippen LogP contribution is -2.40. The minimum Gasteiger partial charge on any atom is -0.508 e. The molecule has 6 heteroatoms. The minimum atomic E-state index is -0.0765. The van der Waals surface area contributed by atoms with Crippen molar-refractivity contribution < 1.29 is 19.1 Å². The van der Waals surface area contributed by atoms with E-state index in [2.05, 4.69) is 5.32 Å². The number of furan rings is 1. The topological polar surface area (TPSA) is 74.9 Å². The molecule has 1 aliphatic heterocycles. The van der Waals surface area contributed by atoms with Gasteiger partial charge in [0.05, 0.1) is 6.04 Å². The van der Waals surface area contributed by atoms with E-state index in [-0.39, 0.29) is 17.8 Å². The third-order valence-corrected chi connectivity index (χ3v) is 4.41. The molecule has 2 N–H and O–H groups in total. The number of aromatic hydroxyl groups is 1. The quantitative estimate of drug-likeness (QED) is 0.844. The van der Waals surface area contributed by atoms with Gasteiger partial charge in [-0.05, 0) is 49.1 Å². The molecular weight excluding hydrogens is 320 g/mol. The van der Waals surface area contributed by atoms with Crippen molar-refractivity contribution in [3.05, 3.63) is 53.5 Å². The zero-order valence-electron chi connectivity index (χ0n) is 14.4. The first kappa shape index (κ1) is 17.4. The molecule has 6 nitrogen and oxygen atoms in total. The molecular formula is C19H24N2O4. The van der Waals surface area contributed by atoms with E-state index in [4.69, 9.17) is 9.15 Å². The van der Waals surface area contributed by atoms with Gasteiger partial charge in [0.2, 0.25) is 0 Å². The Morgan fingerprint density at radius 1 is 1.40 bits per heavy atom. The second kappa shape index (κ2) is 8.07. The molecule has 2 heterocycles. The first-order valence-electron chi connectivity index (χ1n) is 8.57. The lowest BCUT2D eigenvalue weighted by molar-refractivity contribution is 0.156. The summed E-state index contributed by atoms with van der Waals surface area (Å²) < 4.78 is 10.9. The smallest absolute Gasteiger partial charge is 0.318 e. The van der Waals surface area contributed by atoms with Crippen molar-refractivity contribution in [1.29, 1.82) is 0 Å². The molecule has 1 aromatic heterocycles. The summed E-state index contributed by atoms with van der Waals surface area (Å²) in [5.41, 5.74) is 0.994. The Morgan fingerprint density at radius 3 is 3.08 bits per heavy atom. The first-order chi connectivity index (χ1) is 12.2. The molecule has 25 heavy (non-hydrogen) atoms. The molecule has 0 aliphatic carbocycles. The molecule has 2 amide bonds. The van der Waals surface area contributed by atoms with Crippen LogP contribution in [0.2, 0.25) is 0 Å². The molecule has 1 aliphatic rings. The van der Waals surface area contributed by atoms with Gasteiger partial charge in [-0.1, -0.05) is 12.1 Å². The number of carbonyl (C=O) groups excluding carboxylic acids is 1. The second-order valence-corrected chi connectivity index (χ2v) is 6.24. The van der Waals surface area contributed by atoms with Crippen LogP contribution < -0.4 is 5.32 Å². The highest BCUT2D eigenvalue weighted by Crippen LogP contribution is 2.33. The normalized spacial score (nSPS) is 17.0. The summed E-state index contributed by atoms with van der Waals surface area (Å²) in [5.74, 6) is 1.83. The van der Waals surface area contributed by atoms with Crippen LogP contribution in [0.5, 0.6) is 5.75 Å². The highest BCUT2D eigenvalue weighted by Gasteiger charge is 2.32. The van der Waals surface area contributed by atoms with E-state index >= 15 is 0 Å². The number of hydrogen-bond donors (Lipinski definition) is 2. The van der Waals surface area contributed by atoms with Gasteiger partial charge in [0.1, 0.15) is 23.9 Å². The van der Waals surface area contributed by atoms with E-state index in [0.29, 0.717) is 19.6 Å². The molecule has 1 saturated heterocycles. The Bertz CT molecular complexity index is 713. The summed E-state index contributed by atoms with van der Waals surface area (Å²) in [6.07, 6.45) is 2.54. The first-order valence-corrected chi connectivity index (χ1v) is 8.57. The Labute approximate surface area is 147 Å². The Hall–Kier alpha value is -2.47. The van der Waals surface area contributed by atoms with Gasteiger partial charge >= 0.3 is 6.03 Å². The number of hydrogen-bond acceptors (Lipinski definition) is 4. The lowest BCUT2D eigenvalue weighted by atomic mass is 10.1. The largest absolute Gasteiger partial charge is 0.508 e. The molecule has 0 radical (unpaired) electrons. The summed E-state index contributed by atoms with van der Waals surface area (Å²) in [4.78, 5) is 14.3. The van der Waals surface area contributed by atoms with Gasteiger partial charge in [0, 0.05) is 20.2 Å². The van der Waals surface area contributed by atoms with Crippen molar-refractivity contribution in [3.63, 3.8) is 0 Å². The predicted molar refractivity (Wildman–Crippen MR) is 93.3 cm³/mol. The van der Waals surface area contributed by atoms with Crippen molar-refractivity contribution in [3.8, 4) is 5.75 Å². The van der Waals surface area contributed by atoms with Crippen molar-refractivity contribution >= 4 is 6.03 Å². The maximum absolute atomic E-state index is 12.5. The van der Waals surface area contributed by atoms with Crippen LogP contribution in [0, 0.1) is 0 Å². The van der Waals surface area contributed by atoms with Gasteiger partial charge in [-0.25, -0.2) is 4.79 Å². The third-order valence-electron chi connectivity index (χ3n) is 4.41. The van der Waals surface area contributed by atoms with Crippen LogP contribution >= 0.6 is 0 Å². The maximum atomic E-state index is 12.5. The number of phenolic OH excluding ortho intramolecular Hbond substituents is 1. The number of nitrogens with one attached hydrogen (secondary N) is 1. The van der Waals surface area contributed by atoms with Crippen LogP contribution in [0.4, 0.5) is 4.79 Å². The fraction of sp³-hybridized carbons (Fsp3) is 0.421. The van der Waals surface area contributed by atoms with Crippen LogP contribution in [-0.2, 0) is 17.8 Å². The molecule has 1 atom stereocenters. The number of nitrogens with zero attached hydrogens (tertiary/aromatic N) is 1. The number of rotatable bonds is 6. The third kappa shape index (κ3) is 4.33. The summed E-state index contributed by atoms with van der Waals surface area (Å²) in [6.45, 7) is 1.68. The van der Waals surface area contributed by atoms with E-state index in [0.717, 1.165) is 36.5 Å². The van der Waals surface area contributed by atoms with Gasteiger partial charge in [-0.2, -0.15) is 0 Å². The SMILES string of the molecule is COCc1ccc([C@H]2CCCN2C(=O)NCCc2cccc(O)c2)o1. The average Bonchev–Trinajstić information content (AvgIpc) is 3.24. The number of likely N-dealkylation sites (tertiary alicyclic amines) is 1. The van der Waals surface area contributed by atoms with Gasteiger partial charge < -0.3 is 24.5 Å². The van der Waals surface area contributed by atoms with E-state index in [1.54, 1.807) is 25.3 Å². The van der Waals surface area contributed by atoms with Crippen molar-refractivity contribution in [1.82, 2.24) is 10.2 Å². The highest BCUT2D eigenvalue weighted by atomic mass is 16.5. The highest BCUT2D eigenvalue weighted by molar-refractivity contribution is 5.75. The van der Waals surface area contributed by atoms with Crippen LogP contribution in [0.15, 0.2) is 40.8 Å². The van der Waals surface area contributed by atoms with Crippen LogP contribution in [0.25, 0.3) is 0 Å². The fourth-order valence-corrected chi connectivity index (χ4v) is 3.23. The summed E-state index contributed by atoms with van der Waals surface area (Å²) in [6, 6.07) is 10.8. The standard InChI is InChI=1S/C19H24N2O4/c1-24-13-16-7-8-18(25-16)17-6-3-11-21(17)19(23)20-10-9-14-4-2-5-15(22)12-14/h2,4-5,7-8,12,17,22H,3,6,9-11,13H2,1H3,(H,20,23)/t17-/m1/s1. The van der Waals surface area contributed by atoms with Gasteiger partial charge in [-0.3, -0.25) is 0 Å². The number of amides is 2. The Kier molecular flexibility index (Phi) is 5.60. The Balaban J connectivity index is 1.55. The molecule has 134 valence electrons. The average molecular weight is 344 g/mol. The molecule has 0 bridgehead atoms. The number of urea groups is 1. The zero-order valence-corrected chi connectivity index (χ0v) is 14.4. The fourth-order valence-electron chi connectivity index (χ4n) is 3.23. The molecule has 0 spiro atoms. The van der Waals surface area contributed by atoms with E-state index in [1.807, 2.05) is 23.1 Å². The monoisotopic (exact) mass is 344 g/mol. The number of carbonyl (C=O) groups is 1. The van der Waals surface area contributed by atoms with E-state index in [9.17, 15) is 9.90 Å². The van der Waals surface area contributed by atoms with Crippen LogP contribution in [0.3, 0.4) is 0 Å². The zero-order chi connectivity index (χ0) is 17.6. The van der Waals surface area contributed by atoms with Crippen LogP contribution in [-0.4, -0.2) is 36.2 Å². The predicted octanol–water partition coefficient (Wildman–Crippen LogP) is 3.22. The van der Waals surface area contributed by atoms with E-state index < -0.39 is 0 Å². The summed E-state index contributed by atoms with van der Waals surface area (Å²) in [7, 11) is 1.63. The maximum Gasteiger partial charge on any atom is 0.318 e. The number of methoxy groups -OCH3 is 1. The second-order valence-electron chi connectivity index (χ2n) is 6.24. The molecule has 2 aromatic rings. The van der Waals surface area contributed by atoms with E-state index in [1.165, 1.54) is 0 Å². The Morgan fingerprint density at radius 2 is 2.28 bits per heavy atom. The summed E-state index contributed by atoms with van der Waals surface area (Å²) >= 11 is 0.